The van der Waals surface area contributed by atoms with E-state index in [9.17, 15) is 20.3 Å². The Labute approximate surface area is 117 Å². The van der Waals surface area contributed by atoms with Crippen molar-refractivity contribution in [3.8, 4) is 0 Å². The molecule has 1 aromatic rings. The molecule has 0 aliphatic carbocycles. The van der Waals surface area contributed by atoms with Crippen LogP contribution in [0.5, 0.6) is 0 Å². The quantitative estimate of drug-likeness (QED) is 0.575. The molecule has 0 aliphatic rings. The summed E-state index contributed by atoms with van der Waals surface area (Å²) in [4.78, 5) is 12.2. The molecule has 0 saturated carbocycles. The van der Waals surface area contributed by atoms with Crippen molar-refractivity contribution in [2.45, 2.75) is 19.1 Å². The number of hydrogen-bond donors (Lipinski definition) is 2. The molecule has 0 heterocycles. The van der Waals surface area contributed by atoms with Crippen LogP contribution in [0.1, 0.15) is 18.6 Å². The molecule has 0 bridgehead atoms. The van der Waals surface area contributed by atoms with E-state index in [-0.39, 0.29) is 18.8 Å². The van der Waals surface area contributed by atoms with Gasteiger partial charge in [0.25, 0.3) is 5.69 Å². The van der Waals surface area contributed by atoms with Crippen molar-refractivity contribution in [1.82, 2.24) is 0 Å². The van der Waals surface area contributed by atoms with E-state index < -0.39 is 17.1 Å². The first-order chi connectivity index (χ1) is 9.36. The Bertz CT molecular complexity index is 464. The summed E-state index contributed by atoms with van der Waals surface area (Å²) >= 11 is 0. The summed E-state index contributed by atoms with van der Waals surface area (Å²) in [6.07, 6.45) is -1.51. The number of nitrogens with zero attached hydrogens (tertiary/aromatic N) is 2. The number of likely N-dealkylation sites (N-methyl/N-ethyl adjacent to an activating group) is 1. The maximum Gasteiger partial charge on any atom is 0.292 e. The van der Waals surface area contributed by atoms with Crippen LogP contribution in [0.25, 0.3) is 0 Å². The smallest absolute Gasteiger partial charge is 0.292 e. The van der Waals surface area contributed by atoms with Crippen LogP contribution >= 0.6 is 0 Å². The lowest BCUT2D eigenvalue weighted by Gasteiger charge is -2.22. The maximum atomic E-state index is 11.1. The van der Waals surface area contributed by atoms with Gasteiger partial charge in [-0.25, -0.2) is 0 Å². The molecule has 2 unspecified atom stereocenters. The monoisotopic (exact) mass is 284 g/mol. The van der Waals surface area contributed by atoms with Gasteiger partial charge in [-0.05, 0) is 18.6 Å². The molecule has 0 spiro atoms. The Balaban J connectivity index is 3.01. The van der Waals surface area contributed by atoms with Crippen LogP contribution in [0.2, 0.25) is 0 Å². The summed E-state index contributed by atoms with van der Waals surface area (Å²) in [6, 6.07) is 4.55. The third-order valence-corrected chi connectivity index (χ3v) is 2.93. The lowest BCUT2D eigenvalue weighted by atomic mass is 10.1. The fourth-order valence-electron chi connectivity index (χ4n) is 1.93. The van der Waals surface area contributed by atoms with Crippen LogP contribution in [0.15, 0.2) is 18.2 Å². The number of benzene rings is 1. The van der Waals surface area contributed by atoms with Gasteiger partial charge in [0.15, 0.2) is 0 Å². The standard InChI is InChI=1S/C13H20N2O5/c1-9(16)10-4-5-12(13(6-10)15(18)19)14(2)7-11(17)8-20-3/h4-6,9,11,16-17H,7-8H2,1-3H3. The highest BCUT2D eigenvalue weighted by Gasteiger charge is 2.20. The van der Waals surface area contributed by atoms with Gasteiger partial charge in [0.1, 0.15) is 5.69 Å². The minimum atomic E-state index is -0.771. The zero-order chi connectivity index (χ0) is 15.3. The van der Waals surface area contributed by atoms with Crippen LogP contribution in [0, 0.1) is 10.1 Å². The number of rotatable bonds is 7. The van der Waals surface area contributed by atoms with E-state index in [1.54, 1.807) is 31.0 Å². The summed E-state index contributed by atoms with van der Waals surface area (Å²) in [5, 5.41) is 30.3. The molecule has 0 amide bonds. The van der Waals surface area contributed by atoms with Crippen molar-refractivity contribution in [2.75, 3.05) is 32.2 Å². The second-order valence-corrected chi connectivity index (χ2v) is 4.67. The van der Waals surface area contributed by atoms with E-state index in [2.05, 4.69) is 0 Å². The lowest BCUT2D eigenvalue weighted by Crippen LogP contribution is -2.32. The molecular formula is C13H20N2O5. The third-order valence-electron chi connectivity index (χ3n) is 2.93. The van der Waals surface area contributed by atoms with Crippen LogP contribution in [0.3, 0.4) is 0 Å². The largest absolute Gasteiger partial charge is 0.389 e. The molecule has 0 saturated heterocycles. The average molecular weight is 284 g/mol. The molecule has 0 radical (unpaired) electrons. The first-order valence-corrected chi connectivity index (χ1v) is 6.21. The third kappa shape index (κ3) is 4.16. The molecule has 2 N–H and O–H groups in total. The highest BCUT2D eigenvalue weighted by atomic mass is 16.6. The number of aliphatic hydroxyl groups is 2. The number of nitro benzene ring substituents is 1. The molecule has 7 nitrogen and oxygen atoms in total. The summed E-state index contributed by atoms with van der Waals surface area (Å²) in [7, 11) is 3.13. The minimum absolute atomic E-state index is 0.101. The lowest BCUT2D eigenvalue weighted by molar-refractivity contribution is -0.384. The Morgan fingerprint density at radius 3 is 2.60 bits per heavy atom. The summed E-state index contributed by atoms with van der Waals surface area (Å²) in [5.41, 5.74) is 0.761. The molecule has 1 rings (SSSR count). The Kier molecular flexibility index (Phi) is 5.87. The SMILES string of the molecule is COCC(O)CN(C)c1ccc(C(C)O)cc1[N+](=O)[O-]. The van der Waals surface area contributed by atoms with Gasteiger partial charge in [-0.3, -0.25) is 10.1 Å². The fraction of sp³-hybridized carbons (Fsp3) is 0.538. The molecule has 2 atom stereocenters. The van der Waals surface area contributed by atoms with Crippen molar-refractivity contribution in [2.24, 2.45) is 0 Å². The first-order valence-electron chi connectivity index (χ1n) is 6.21. The van der Waals surface area contributed by atoms with Gasteiger partial charge in [-0.15, -0.1) is 0 Å². The van der Waals surface area contributed by atoms with Crippen molar-refractivity contribution >= 4 is 11.4 Å². The van der Waals surface area contributed by atoms with Crippen LogP contribution in [0.4, 0.5) is 11.4 Å². The van der Waals surface area contributed by atoms with Crippen molar-refractivity contribution in [3.63, 3.8) is 0 Å². The normalized spacial score (nSPS) is 13.8. The van der Waals surface area contributed by atoms with Gasteiger partial charge >= 0.3 is 0 Å². The summed E-state index contributed by atoms with van der Waals surface area (Å²) in [5.74, 6) is 0. The van der Waals surface area contributed by atoms with Gasteiger partial charge in [0.2, 0.25) is 0 Å². The number of aliphatic hydroxyl groups excluding tert-OH is 2. The van der Waals surface area contributed by atoms with Crippen molar-refractivity contribution in [3.05, 3.63) is 33.9 Å². The second-order valence-electron chi connectivity index (χ2n) is 4.67. The molecule has 1 aromatic carbocycles. The molecule has 0 fully saturated rings. The number of ether oxygens (including phenoxy) is 1. The first kappa shape index (κ1) is 16.4. The number of nitro groups is 1. The van der Waals surface area contributed by atoms with Gasteiger partial charge in [-0.2, -0.15) is 0 Å². The number of hydrogen-bond acceptors (Lipinski definition) is 6. The van der Waals surface area contributed by atoms with Crippen molar-refractivity contribution < 1.29 is 19.9 Å². The molecular weight excluding hydrogens is 264 g/mol. The van der Waals surface area contributed by atoms with Crippen LogP contribution in [-0.4, -0.2) is 48.5 Å². The fourth-order valence-corrected chi connectivity index (χ4v) is 1.93. The van der Waals surface area contributed by atoms with Crippen LogP contribution < -0.4 is 4.90 Å². The second kappa shape index (κ2) is 7.18. The minimum Gasteiger partial charge on any atom is -0.389 e. The highest BCUT2D eigenvalue weighted by Crippen LogP contribution is 2.30. The zero-order valence-corrected chi connectivity index (χ0v) is 11.8. The van der Waals surface area contributed by atoms with E-state index in [1.807, 2.05) is 0 Å². The zero-order valence-electron chi connectivity index (χ0n) is 11.8. The van der Waals surface area contributed by atoms with Gasteiger partial charge in [-0.1, -0.05) is 6.07 Å². The van der Waals surface area contributed by atoms with Gasteiger partial charge < -0.3 is 19.8 Å². The molecule has 20 heavy (non-hydrogen) atoms. The Morgan fingerprint density at radius 2 is 2.10 bits per heavy atom. The predicted octanol–water partition coefficient (Wildman–Crippen LogP) is 1.09. The maximum absolute atomic E-state index is 11.1. The number of anilines is 1. The van der Waals surface area contributed by atoms with Gasteiger partial charge in [0, 0.05) is 26.8 Å². The van der Waals surface area contributed by atoms with Gasteiger partial charge in [0.05, 0.1) is 23.7 Å². The predicted molar refractivity (Wildman–Crippen MR) is 74.9 cm³/mol. The summed E-state index contributed by atoms with van der Waals surface area (Å²) in [6.45, 7) is 1.91. The Morgan fingerprint density at radius 1 is 1.45 bits per heavy atom. The molecule has 0 aromatic heterocycles. The summed E-state index contributed by atoms with van der Waals surface area (Å²) < 4.78 is 4.83. The molecule has 112 valence electrons. The molecule has 0 aliphatic heterocycles. The van der Waals surface area contributed by atoms with Crippen LogP contribution in [-0.2, 0) is 4.74 Å². The Hall–Kier alpha value is -1.70. The van der Waals surface area contributed by atoms with E-state index in [4.69, 9.17) is 4.74 Å². The van der Waals surface area contributed by atoms with E-state index in [0.717, 1.165) is 0 Å². The number of methoxy groups -OCH3 is 1. The topological polar surface area (TPSA) is 96.1 Å². The molecule has 7 heteroatoms. The van der Waals surface area contributed by atoms with E-state index >= 15 is 0 Å². The average Bonchev–Trinajstić information content (AvgIpc) is 2.37. The van der Waals surface area contributed by atoms with Crippen molar-refractivity contribution in [1.29, 1.82) is 0 Å². The highest BCUT2D eigenvalue weighted by molar-refractivity contribution is 5.64. The van der Waals surface area contributed by atoms with E-state index in [0.29, 0.717) is 11.3 Å². The van der Waals surface area contributed by atoms with E-state index in [1.165, 1.54) is 13.2 Å².